The highest BCUT2D eigenvalue weighted by Gasteiger charge is 2.11. The van der Waals surface area contributed by atoms with Crippen LogP contribution in [0.3, 0.4) is 0 Å². The second-order valence-corrected chi connectivity index (χ2v) is 6.81. The van der Waals surface area contributed by atoms with Crippen molar-refractivity contribution < 1.29 is 9.47 Å². The lowest BCUT2D eigenvalue weighted by molar-refractivity contribution is 0.205. The van der Waals surface area contributed by atoms with Crippen LogP contribution in [-0.2, 0) is 0 Å². The van der Waals surface area contributed by atoms with Gasteiger partial charge in [-0.1, -0.05) is 13.8 Å². The van der Waals surface area contributed by atoms with Gasteiger partial charge in [0.05, 0.1) is 22.2 Å². The van der Waals surface area contributed by atoms with Crippen LogP contribution in [0.2, 0.25) is 0 Å². The van der Waals surface area contributed by atoms with Crippen molar-refractivity contribution in [3.05, 3.63) is 21.1 Å². The number of hydrogen-bond donors (Lipinski definition) is 1. The van der Waals surface area contributed by atoms with Gasteiger partial charge < -0.3 is 14.8 Å². The van der Waals surface area contributed by atoms with Gasteiger partial charge in [-0.2, -0.15) is 0 Å². The van der Waals surface area contributed by atoms with Gasteiger partial charge in [0, 0.05) is 6.04 Å². The summed E-state index contributed by atoms with van der Waals surface area (Å²) in [6, 6.07) is 4.39. The summed E-state index contributed by atoms with van der Waals surface area (Å²) >= 11 is 6.99. The third kappa shape index (κ3) is 6.02. The highest BCUT2D eigenvalue weighted by atomic mass is 79.9. The SMILES string of the molecule is COc1cc(Br)c(OC(C)CCCNC(C)C)cc1Br. The maximum atomic E-state index is 5.97. The first-order valence-corrected chi connectivity index (χ1v) is 8.45. The van der Waals surface area contributed by atoms with E-state index in [2.05, 4.69) is 57.9 Å². The Morgan fingerprint density at radius 1 is 1.10 bits per heavy atom. The zero-order valence-corrected chi connectivity index (χ0v) is 15.7. The minimum absolute atomic E-state index is 0.181. The molecule has 3 nitrogen and oxygen atoms in total. The number of halogens is 2. The van der Waals surface area contributed by atoms with Crippen molar-refractivity contribution >= 4 is 31.9 Å². The zero-order chi connectivity index (χ0) is 15.1. The molecule has 0 fully saturated rings. The maximum Gasteiger partial charge on any atom is 0.135 e. The fourth-order valence-corrected chi connectivity index (χ4v) is 2.71. The van der Waals surface area contributed by atoms with Crippen LogP contribution in [0.1, 0.15) is 33.6 Å². The van der Waals surface area contributed by atoms with Crippen molar-refractivity contribution in [1.29, 1.82) is 0 Å². The van der Waals surface area contributed by atoms with E-state index in [-0.39, 0.29) is 6.10 Å². The van der Waals surface area contributed by atoms with Crippen LogP contribution >= 0.6 is 31.9 Å². The fraction of sp³-hybridized carbons (Fsp3) is 0.600. The normalized spacial score (nSPS) is 12.6. The number of methoxy groups -OCH3 is 1. The number of benzene rings is 1. The van der Waals surface area contributed by atoms with Crippen molar-refractivity contribution in [1.82, 2.24) is 5.32 Å². The first kappa shape index (κ1) is 17.8. The summed E-state index contributed by atoms with van der Waals surface area (Å²) in [4.78, 5) is 0. The van der Waals surface area contributed by atoms with Gasteiger partial charge in [-0.3, -0.25) is 0 Å². The molecule has 0 saturated carbocycles. The molecule has 0 amide bonds. The van der Waals surface area contributed by atoms with Crippen molar-refractivity contribution in [2.45, 2.75) is 45.8 Å². The molecule has 0 aromatic heterocycles. The average molecular weight is 409 g/mol. The van der Waals surface area contributed by atoms with Crippen molar-refractivity contribution in [3.63, 3.8) is 0 Å². The molecular formula is C15H23Br2NO2. The average Bonchev–Trinajstić information content (AvgIpc) is 2.38. The third-order valence-corrected chi connectivity index (χ3v) is 4.11. The molecule has 114 valence electrons. The van der Waals surface area contributed by atoms with E-state index in [0.29, 0.717) is 6.04 Å². The molecule has 0 aliphatic heterocycles. The summed E-state index contributed by atoms with van der Waals surface area (Å²) in [5.41, 5.74) is 0. The Hall–Kier alpha value is -0.260. The lowest BCUT2D eigenvalue weighted by atomic mass is 10.2. The summed E-state index contributed by atoms with van der Waals surface area (Å²) in [6.07, 6.45) is 2.31. The van der Waals surface area contributed by atoms with E-state index >= 15 is 0 Å². The molecular weight excluding hydrogens is 386 g/mol. The van der Waals surface area contributed by atoms with Gasteiger partial charge in [-0.25, -0.2) is 0 Å². The van der Waals surface area contributed by atoms with E-state index in [4.69, 9.17) is 9.47 Å². The number of nitrogens with one attached hydrogen (secondary N) is 1. The van der Waals surface area contributed by atoms with E-state index in [1.807, 2.05) is 12.1 Å². The molecule has 0 bridgehead atoms. The number of rotatable bonds is 8. The molecule has 20 heavy (non-hydrogen) atoms. The van der Waals surface area contributed by atoms with Gasteiger partial charge in [0.25, 0.3) is 0 Å². The summed E-state index contributed by atoms with van der Waals surface area (Å²) in [6.45, 7) is 7.44. The topological polar surface area (TPSA) is 30.5 Å². The zero-order valence-electron chi connectivity index (χ0n) is 12.5. The molecule has 1 unspecified atom stereocenters. The van der Waals surface area contributed by atoms with Gasteiger partial charge >= 0.3 is 0 Å². The molecule has 0 aliphatic rings. The Bertz CT molecular complexity index is 425. The van der Waals surface area contributed by atoms with Crippen LogP contribution in [0.15, 0.2) is 21.1 Å². The lowest BCUT2D eigenvalue weighted by Crippen LogP contribution is -2.25. The van der Waals surface area contributed by atoms with Crippen molar-refractivity contribution in [3.8, 4) is 11.5 Å². The molecule has 0 radical (unpaired) electrons. The van der Waals surface area contributed by atoms with Crippen LogP contribution < -0.4 is 14.8 Å². The molecule has 1 aromatic carbocycles. The lowest BCUT2D eigenvalue weighted by Gasteiger charge is -2.17. The predicted octanol–water partition coefficient (Wildman–Crippen LogP) is 4.77. The Morgan fingerprint density at radius 2 is 1.70 bits per heavy atom. The number of ether oxygens (including phenoxy) is 2. The molecule has 0 aliphatic carbocycles. The summed E-state index contributed by atoms with van der Waals surface area (Å²) in [5.74, 6) is 1.63. The highest BCUT2D eigenvalue weighted by Crippen LogP contribution is 2.36. The standard InChI is InChI=1S/C15H23Br2NO2/c1-10(2)18-7-5-6-11(3)20-15-9-12(16)14(19-4)8-13(15)17/h8-11,18H,5-7H2,1-4H3. The van der Waals surface area contributed by atoms with Crippen LogP contribution in [0, 0.1) is 0 Å². The second kappa shape index (κ2) is 8.90. The van der Waals surface area contributed by atoms with Gasteiger partial charge in [0.1, 0.15) is 11.5 Å². The molecule has 5 heteroatoms. The molecule has 0 spiro atoms. The summed E-state index contributed by atoms with van der Waals surface area (Å²) in [7, 11) is 1.65. The van der Waals surface area contributed by atoms with E-state index in [1.54, 1.807) is 7.11 Å². The van der Waals surface area contributed by atoms with Crippen LogP contribution in [-0.4, -0.2) is 25.8 Å². The molecule has 0 heterocycles. The minimum atomic E-state index is 0.181. The Morgan fingerprint density at radius 3 is 2.30 bits per heavy atom. The largest absolute Gasteiger partial charge is 0.496 e. The van der Waals surface area contributed by atoms with Gasteiger partial charge in [-0.15, -0.1) is 0 Å². The number of hydrogen-bond acceptors (Lipinski definition) is 3. The Balaban J connectivity index is 2.49. The monoisotopic (exact) mass is 407 g/mol. The smallest absolute Gasteiger partial charge is 0.135 e. The fourth-order valence-electron chi connectivity index (χ4n) is 1.81. The second-order valence-electron chi connectivity index (χ2n) is 5.10. The van der Waals surface area contributed by atoms with E-state index in [1.165, 1.54) is 0 Å². The first-order chi connectivity index (χ1) is 9.43. The van der Waals surface area contributed by atoms with Crippen LogP contribution in [0.5, 0.6) is 11.5 Å². The minimum Gasteiger partial charge on any atom is -0.496 e. The quantitative estimate of drug-likeness (QED) is 0.628. The molecule has 1 aromatic rings. The van der Waals surface area contributed by atoms with Gasteiger partial charge in [0.15, 0.2) is 0 Å². The summed E-state index contributed by atoms with van der Waals surface area (Å²) in [5, 5.41) is 3.41. The third-order valence-electron chi connectivity index (χ3n) is 2.87. The molecule has 1 N–H and O–H groups in total. The van der Waals surface area contributed by atoms with Gasteiger partial charge in [-0.05, 0) is 70.3 Å². The highest BCUT2D eigenvalue weighted by molar-refractivity contribution is 9.11. The molecule has 0 saturated heterocycles. The van der Waals surface area contributed by atoms with Crippen molar-refractivity contribution in [2.24, 2.45) is 0 Å². The first-order valence-electron chi connectivity index (χ1n) is 6.87. The predicted molar refractivity (Wildman–Crippen MR) is 90.9 cm³/mol. The Kier molecular flexibility index (Phi) is 7.92. The van der Waals surface area contributed by atoms with Gasteiger partial charge in [0.2, 0.25) is 0 Å². The maximum absolute atomic E-state index is 5.97. The summed E-state index contributed by atoms with van der Waals surface area (Å²) < 4.78 is 13.0. The van der Waals surface area contributed by atoms with Crippen molar-refractivity contribution in [2.75, 3.05) is 13.7 Å². The Labute approximate surface area is 138 Å². The van der Waals surface area contributed by atoms with Crippen LogP contribution in [0.4, 0.5) is 0 Å². The van der Waals surface area contributed by atoms with Crippen LogP contribution in [0.25, 0.3) is 0 Å². The molecule has 1 rings (SSSR count). The van der Waals surface area contributed by atoms with E-state index < -0.39 is 0 Å². The molecule has 1 atom stereocenters. The van der Waals surface area contributed by atoms with E-state index in [0.717, 1.165) is 39.8 Å². The van der Waals surface area contributed by atoms with E-state index in [9.17, 15) is 0 Å².